The largest absolute Gasteiger partial charge is 0.441 e. The van der Waals surface area contributed by atoms with Crippen molar-refractivity contribution in [3.05, 3.63) is 28.3 Å². The average molecular weight is 392 g/mol. The van der Waals surface area contributed by atoms with Crippen molar-refractivity contribution in [2.24, 2.45) is 5.92 Å². The fourth-order valence-corrected chi connectivity index (χ4v) is 3.32. The number of thiophene rings is 1. The van der Waals surface area contributed by atoms with Gasteiger partial charge in [-0.1, -0.05) is 6.92 Å². The molecule has 2 aromatic rings. The Morgan fingerprint density at radius 1 is 1.50 bits per heavy atom. The van der Waals surface area contributed by atoms with Gasteiger partial charge in [0.15, 0.2) is 0 Å². The summed E-state index contributed by atoms with van der Waals surface area (Å²) in [5, 5.41) is 10.4. The Balaban J connectivity index is 0.00000144. The predicted molar refractivity (Wildman–Crippen MR) is 101 cm³/mol. The third-order valence-electron chi connectivity index (χ3n) is 4.16. The van der Waals surface area contributed by atoms with Gasteiger partial charge >= 0.3 is 0 Å². The Bertz CT molecular complexity index is 646. The molecule has 3 rings (SSSR count). The molecular formula is C16H23Cl2N3O2S. The maximum absolute atomic E-state index is 12.3. The van der Waals surface area contributed by atoms with E-state index in [-0.39, 0.29) is 43.2 Å². The first-order valence-corrected chi connectivity index (χ1v) is 8.56. The zero-order valence-electron chi connectivity index (χ0n) is 13.7. The summed E-state index contributed by atoms with van der Waals surface area (Å²) in [6.45, 7) is 5.91. The van der Waals surface area contributed by atoms with E-state index in [4.69, 9.17) is 4.42 Å². The van der Waals surface area contributed by atoms with Crippen LogP contribution in [-0.2, 0) is 11.2 Å². The maximum atomic E-state index is 12.3. The highest BCUT2D eigenvalue weighted by atomic mass is 35.5. The Hall–Kier alpha value is -1.08. The molecule has 0 radical (unpaired) electrons. The third kappa shape index (κ3) is 4.96. The summed E-state index contributed by atoms with van der Waals surface area (Å²) in [5.74, 6) is 1.82. The van der Waals surface area contributed by atoms with Crippen molar-refractivity contribution in [3.8, 4) is 11.5 Å². The highest BCUT2D eigenvalue weighted by molar-refractivity contribution is 7.08. The summed E-state index contributed by atoms with van der Waals surface area (Å²) in [6.07, 6.45) is 1.36. The van der Waals surface area contributed by atoms with Gasteiger partial charge in [0.2, 0.25) is 11.8 Å². The van der Waals surface area contributed by atoms with Crippen LogP contribution in [0.1, 0.15) is 24.8 Å². The summed E-state index contributed by atoms with van der Waals surface area (Å²) < 4.78 is 5.67. The summed E-state index contributed by atoms with van der Waals surface area (Å²) in [5.41, 5.74) is 1.68. The van der Waals surface area contributed by atoms with E-state index in [0.29, 0.717) is 17.6 Å². The lowest BCUT2D eigenvalue weighted by atomic mass is 9.94. The van der Waals surface area contributed by atoms with E-state index in [2.05, 4.69) is 22.5 Å². The molecule has 134 valence electrons. The Kier molecular flexibility index (Phi) is 8.22. The van der Waals surface area contributed by atoms with E-state index < -0.39 is 0 Å². The van der Waals surface area contributed by atoms with Crippen molar-refractivity contribution in [1.82, 2.24) is 15.6 Å². The van der Waals surface area contributed by atoms with Gasteiger partial charge in [0.1, 0.15) is 5.76 Å². The number of aryl methyl sites for hydroxylation is 1. The molecule has 2 unspecified atom stereocenters. The second-order valence-corrected chi connectivity index (χ2v) is 6.63. The fraction of sp³-hybridized carbons (Fsp3) is 0.500. The van der Waals surface area contributed by atoms with Crippen molar-refractivity contribution in [2.75, 3.05) is 13.1 Å². The zero-order valence-corrected chi connectivity index (χ0v) is 16.2. The number of amides is 1. The lowest BCUT2D eigenvalue weighted by molar-refractivity contribution is -0.121. The number of nitrogens with zero attached hydrogens (tertiary/aromatic N) is 1. The number of aromatic nitrogens is 1. The molecule has 1 aliphatic heterocycles. The van der Waals surface area contributed by atoms with Crippen LogP contribution in [0.15, 0.2) is 21.2 Å². The predicted octanol–water partition coefficient (Wildman–Crippen LogP) is 3.21. The molecule has 8 heteroatoms. The molecule has 2 N–H and O–H groups in total. The number of carbonyl (C=O) groups is 1. The van der Waals surface area contributed by atoms with Crippen LogP contribution in [0.2, 0.25) is 0 Å². The number of nitrogens with one attached hydrogen (secondary N) is 2. The van der Waals surface area contributed by atoms with Gasteiger partial charge in [-0.15, -0.1) is 24.8 Å². The van der Waals surface area contributed by atoms with E-state index in [1.165, 1.54) is 0 Å². The minimum Gasteiger partial charge on any atom is -0.441 e. The number of hydrogen-bond donors (Lipinski definition) is 2. The lowest BCUT2D eigenvalue weighted by Gasteiger charge is -2.30. The molecule has 1 amide bonds. The molecule has 2 aromatic heterocycles. The van der Waals surface area contributed by atoms with Gasteiger partial charge in [0.05, 0.1) is 12.1 Å². The summed E-state index contributed by atoms with van der Waals surface area (Å²) in [7, 11) is 0. The molecule has 0 saturated carbocycles. The second-order valence-electron chi connectivity index (χ2n) is 5.85. The van der Waals surface area contributed by atoms with Crippen LogP contribution in [0, 0.1) is 12.8 Å². The zero-order chi connectivity index (χ0) is 15.5. The topological polar surface area (TPSA) is 67.2 Å². The van der Waals surface area contributed by atoms with Gasteiger partial charge in [0.25, 0.3) is 0 Å². The highest BCUT2D eigenvalue weighted by Crippen LogP contribution is 2.24. The van der Waals surface area contributed by atoms with Crippen LogP contribution >= 0.6 is 36.2 Å². The minimum atomic E-state index is 0. The first-order chi connectivity index (χ1) is 10.6. The minimum absolute atomic E-state index is 0. The van der Waals surface area contributed by atoms with Crippen LogP contribution in [0.25, 0.3) is 11.5 Å². The molecule has 1 saturated heterocycles. The molecule has 1 fully saturated rings. The van der Waals surface area contributed by atoms with Crippen LogP contribution in [0.3, 0.4) is 0 Å². The van der Waals surface area contributed by atoms with Gasteiger partial charge < -0.3 is 15.1 Å². The Labute approximate surface area is 158 Å². The molecule has 5 nitrogen and oxygen atoms in total. The van der Waals surface area contributed by atoms with E-state index in [1.807, 2.05) is 23.8 Å². The van der Waals surface area contributed by atoms with Crippen molar-refractivity contribution in [2.45, 2.75) is 32.7 Å². The molecule has 0 bridgehead atoms. The van der Waals surface area contributed by atoms with E-state index in [0.717, 1.165) is 30.8 Å². The highest BCUT2D eigenvalue weighted by Gasteiger charge is 2.23. The first-order valence-electron chi connectivity index (χ1n) is 7.62. The molecule has 0 aliphatic carbocycles. The summed E-state index contributed by atoms with van der Waals surface area (Å²) >= 11 is 1.60. The van der Waals surface area contributed by atoms with Crippen LogP contribution < -0.4 is 10.6 Å². The van der Waals surface area contributed by atoms with E-state index in [9.17, 15) is 4.79 Å². The molecule has 24 heavy (non-hydrogen) atoms. The monoisotopic (exact) mass is 391 g/mol. The molecule has 0 aromatic carbocycles. The van der Waals surface area contributed by atoms with Gasteiger partial charge in [-0.25, -0.2) is 4.98 Å². The van der Waals surface area contributed by atoms with Crippen molar-refractivity contribution in [3.63, 3.8) is 0 Å². The molecule has 2 atom stereocenters. The second kappa shape index (κ2) is 9.42. The Morgan fingerprint density at radius 3 is 2.96 bits per heavy atom. The SMILES string of the molecule is Cc1oc(-c2ccsc2)nc1CC(=O)NC1CNCCC1C.Cl.Cl. The number of carbonyl (C=O) groups excluding carboxylic acids is 1. The molecule has 1 aliphatic rings. The number of hydrogen-bond acceptors (Lipinski definition) is 5. The maximum Gasteiger partial charge on any atom is 0.227 e. The van der Waals surface area contributed by atoms with E-state index in [1.54, 1.807) is 11.3 Å². The molecular weight excluding hydrogens is 369 g/mol. The van der Waals surface area contributed by atoms with Crippen LogP contribution in [0.5, 0.6) is 0 Å². The van der Waals surface area contributed by atoms with Crippen LogP contribution in [0.4, 0.5) is 0 Å². The Morgan fingerprint density at radius 2 is 2.29 bits per heavy atom. The van der Waals surface area contributed by atoms with Crippen molar-refractivity contribution in [1.29, 1.82) is 0 Å². The molecule has 0 spiro atoms. The smallest absolute Gasteiger partial charge is 0.227 e. The molecule has 3 heterocycles. The van der Waals surface area contributed by atoms with Crippen LogP contribution in [-0.4, -0.2) is 30.0 Å². The average Bonchev–Trinajstić information content (AvgIpc) is 3.12. The number of piperidine rings is 1. The van der Waals surface area contributed by atoms with Crippen molar-refractivity contribution >= 4 is 42.1 Å². The quantitative estimate of drug-likeness (QED) is 0.839. The normalized spacial score (nSPS) is 19.9. The van der Waals surface area contributed by atoms with Gasteiger partial charge in [-0.05, 0) is 37.3 Å². The third-order valence-corrected chi connectivity index (χ3v) is 4.85. The standard InChI is InChI=1S/C16H21N3O2S.2ClH/c1-10-3-5-17-8-14(10)18-15(20)7-13-11(2)21-16(19-13)12-4-6-22-9-12;;/h4,6,9-10,14,17H,3,5,7-8H2,1-2H3,(H,18,20);2*1H. The van der Waals surface area contributed by atoms with Gasteiger partial charge in [-0.3, -0.25) is 4.79 Å². The fourth-order valence-electron chi connectivity index (χ4n) is 2.69. The number of oxazole rings is 1. The first kappa shape index (κ1) is 21.0. The summed E-state index contributed by atoms with van der Waals surface area (Å²) in [4.78, 5) is 16.7. The number of halogens is 2. The van der Waals surface area contributed by atoms with Crippen molar-refractivity contribution < 1.29 is 9.21 Å². The van der Waals surface area contributed by atoms with Gasteiger partial charge in [0, 0.05) is 23.5 Å². The summed E-state index contributed by atoms with van der Waals surface area (Å²) in [6, 6.07) is 2.17. The van der Waals surface area contributed by atoms with E-state index >= 15 is 0 Å². The number of rotatable bonds is 4. The lowest BCUT2D eigenvalue weighted by Crippen LogP contribution is -2.50. The van der Waals surface area contributed by atoms with Gasteiger partial charge in [-0.2, -0.15) is 11.3 Å².